The molecule has 1 aliphatic heterocycles. The lowest BCUT2D eigenvalue weighted by Crippen LogP contribution is -2.60. The van der Waals surface area contributed by atoms with Crippen molar-refractivity contribution < 1.29 is 39.5 Å². The van der Waals surface area contributed by atoms with Crippen LogP contribution >= 0.6 is 12.2 Å². The van der Waals surface area contributed by atoms with Crippen LogP contribution in [-0.2, 0) is 14.4 Å². The lowest BCUT2D eigenvalue weighted by atomic mass is 10.0. The van der Waals surface area contributed by atoms with Crippen LogP contribution in [0.2, 0.25) is 0 Å². The molecule has 0 aliphatic carbocycles. The Bertz CT molecular complexity index is 973. The maximum absolute atomic E-state index is 11.9. The molecule has 0 radical (unpaired) electrons. The third kappa shape index (κ3) is 11.2. The van der Waals surface area contributed by atoms with Crippen molar-refractivity contribution in [2.24, 2.45) is 4.99 Å². The zero-order valence-electron chi connectivity index (χ0n) is 21.2. The quantitative estimate of drug-likeness (QED) is 0.183. The Labute approximate surface area is 226 Å². The second-order valence-electron chi connectivity index (χ2n) is 9.01. The summed E-state index contributed by atoms with van der Waals surface area (Å²) in [6, 6.07) is 5.81. The number of benzene rings is 1. The van der Waals surface area contributed by atoms with Crippen LogP contribution in [0.5, 0.6) is 5.75 Å². The van der Waals surface area contributed by atoms with E-state index in [2.05, 4.69) is 27.7 Å². The monoisotopic (exact) mass is 553 g/mol. The molecule has 5 N–H and O–H groups in total. The maximum atomic E-state index is 11.9. The van der Waals surface area contributed by atoms with E-state index in [1.807, 2.05) is 0 Å². The highest BCUT2D eigenvalue weighted by atomic mass is 32.1. The Morgan fingerprint density at radius 1 is 1.00 bits per heavy atom. The highest BCUT2D eigenvalue weighted by Gasteiger charge is 2.37. The molecular weight excluding hydrogens is 518 g/mol. The van der Waals surface area contributed by atoms with Gasteiger partial charge >= 0.3 is 17.9 Å². The van der Waals surface area contributed by atoms with Gasteiger partial charge in [0, 0.05) is 39.3 Å². The Balaban J connectivity index is 2.55. The minimum Gasteiger partial charge on any atom is -0.480 e. The highest BCUT2D eigenvalue weighted by molar-refractivity contribution is 7.78. The van der Waals surface area contributed by atoms with Crippen LogP contribution in [-0.4, -0.2) is 135 Å². The summed E-state index contributed by atoms with van der Waals surface area (Å²) >= 11 is 4.63. The van der Waals surface area contributed by atoms with Gasteiger partial charge in [0.15, 0.2) is 6.23 Å². The number of rotatable bonds is 11. The fourth-order valence-electron chi connectivity index (χ4n) is 4.30. The first-order valence-corrected chi connectivity index (χ1v) is 12.6. The lowest BCUT2D eigenvalue weighted by molar-refractivity contribution is -0.147. The summed E-state index contributed by atoms with van der Waals surface area (Å²) in [5.74, 6) is -2.85. The number of nitrogens with zero attached hydrogens (tertiary/aromatic N) is 4. The predicted molar refractivity (Wildman–Crippen MR) is 141 cm³/mol. The fraction of sp³-hybridized carbons (Fsp3) is 0.583. The molecule has 3 unspecified atom stereocenters. The Morgan fingerprint density at radius 3 is 2.18 bits per heavy atom. The van der Waals surface area contributed by atoms with Gasteiger partial charge < -0.3 is 30.5 Å². The van der Waals surface area contributed by atoms with Crippen molar-refractivity contribution in [2.45, 2.75) is 31.7 Å². The van der Waals surface area contributed by atoms with E-state index in [1.165, 1.54) is 4.90 Å². The molecule has 1 saturated heterocycles. The second kappa shape index (κ2) is 16.1. The van der Waals surface area contributed by atoms with E-state index < -0.39 is 42.8 Å². The number of aliphatic hydroxyl groups is 1. The van der Waals surface area contributed by atoms with Crippen molar-refractivity contribution in [3.8, 4) is 5.75 Å². The van der Waals surface area contributed by atoms with Crippen molar-refractivity contribution in [2.75, 3.05) is 58.9 Å². The smallest absolute Gasteiger partial charge is 0.317 e. The number of hydrogen-bond acceptors (Lipinski definition) is 11. The Hall–Kier alpha value is -2.97. The molecule has 1 aromatic rings. The summed E-state index contributed by atoms with van der Waals surface area (Å²) in [5.41, 5.74) is 0.539. The predicted octanol–water partition coefficient (Wildman–Crippen LogP) is 0.0283. The van der Waals surface area contributed by atoms with Crippen LogP contribution in [0.3, 0.4) is 0 Å². The zero-order chi connectivity index (χ0) is 28.1. The van der Waals surface area contributed by atoms with Gasteiger partial charge in [0.1, 0.15) is 5.75 Å². The number of carboxylic acid groups (broad SMARTS) is 3. The molecule has 2 rings (SSSR count). The number of isothiocyanates is 1. The van der Waals surface area contributed by atoms with Gasteiger partial charge in [0.05, 0.1) is 42.6 Å². The third-order valence-electron chi connectivity index (χ3n) is 5.93. The first-order valence-electron chi connectivity index (χ1n) is 12.2. The maximum Gasteiger partial charge on any atom is 0.317 e. The summed E-state index contributed by atoms with van der Waals surface area (Å²) < 4.78 is 6.32. The first-order chi connectivity index (χ1) is 18.1. The molecule has 0 amide bonds. The molecule has 1 aliphatic rings. The molecule has 0 saturated carbocycles. The van der Waals surface area contributed by atoms with Crippen LogP contribution < -0.4 is 10.1 Å². The van der Waals surface area contributed by atoms with Crippen LogP contribution in [0.25, 0.3) is 0 Å². The molecule has 210 valence electrons. The molecule has 1 fully saturated rings. The van der Waals surface area contributed by atoms with Crippen LogP contribution in [0.4, 0.5) is 5.69 Å². The molecule has 1 heterocycles. The molecule has 0 spiro atoms. The molecule has 3 atom stereocenters. The average Bonchev–Trinajstić information content (AvgIpc) is 2.82. The number of ether oxygens (including phenoxy) is 1. The molecular formula is C24H35N5O8S. The number of hydrogen-bond donors (Lipinski definition) is 5. The molecule has 14 heteroatoms. The Morgan fingerprint density at radius 2 is 1.61 bits per heavy atom. The largest absolute Gasteiger partial charge is 0.480 e. The second-order valence-corrected chi connectivity index (χ2v) is 9.19. The number of carboxylic acids is 3. The van der Waals surface area contributed by atoms with Gasteiger partial charge in [0.2, 0.25) is 0 Å². The number of aliphatic hydroxyl groups excluding tert-OH is 1. The summed E-state index contributed by atoms with van der Waals surface area (Å²) in [5, 5.41) is 44.5. The molecule has 0 bridgehead atoms. The molecule has 1 aromatic carbocycles. The summed E-state index contributed by atoms with van der Waals surface area (Å²) in [7, 11) is 0. The first kappa shape index (κ1) is 31.2. The highest BCUT2D eigenvalue weighted by Crippen LogP contribution is 2.24. The summed E-state index contributed by atoms with van der Waals surface area (Å²) in [6.45, 7) is 2.41. The third-order valence-corrected chi connectivity index (χ3v) is 6.02. The standard InChI is InChI=1S/C24H35N5O8S/c1-17(30)12-20-24(37-19-4-2-18(3-5-19)26-16-38)29(15-23(35)36)11-10-27(13-21(31)32)8-6-25-7-9-28(20)14-22(33)34/h2-5,17,20,24-25,30H,6-15H2,1H3,(H,31,32)(H,33,34)(H,35,36). The summed E-state index contributed by atoms with van der Waals surface area (Å²) in [6.07, 6.45) is -1.75. The van der Waals surface area contributed by atoms with Crippen molar-refractivity contribution in [1.29, 1.82) is 0 Å². The van der Waals surface area contributed by atoms with Gasteiger partial charge in [-0.2, -0.15) is 4.99 Å². The normalized spacial score (nSPS) is 21.3. The Kier molecular flexibility index (Phi) is 13.2. The van der Waals surface area contributed by atoms with Gasteiger partial charge in [-0.05, 0) is 49.8 Å². The zero-order valence-corrected chi connectivity index (χ0v) is 22.0. The van der Waals surface area contributed by atoms with Gasteiger partial charge in [-0.3, -0.25) is 29.1 Å². The van der Waals surface area contributed by atoms with Crippen molar-refractivity contribution >= 4 is 41.0 Å². The number of nitrogens with one attached hydrogen (secondary N) is 1. The number of carbonyl (C=O) groups is 3. The van der Waals surface area contributed by atoms with E-state index in [-0.39, 0.29) is 39.1 Å². The molecule has 38 heavy (non-hydrogen) atoms. The van der Waals surface area contributed by atoms with Crippen molar-refractivity contribution in [1.82, 2.24) is 20.0 Å². The van der Waals surface area contributed by atoms with Gasteiger partial charge in [0.25, 0.3) is 0 Å². The summed E-state index contributed by atoms with van der Waals surface area (Å²) in [4.78, 5) is 43.9. The van der Waals surface area contributed by atoms with E-state index in [4.69, 9.17) is 4.74 Å². The topological polar surface area (TPSA) is 175 Å². The SMILES string of the molecule is CC(O)CC1C(Oc2ccc(N=C=S)cc2)N(CC(=O)O)CCN(CC(=O)O)CCNCCN1CC(=O)O. The average molecular weight is 554 g/mol. The minimum absolute atomic E-state index is 0.0974. The van der Waals surface area contributed by atoms with Crippen molar-refractivity contribution in [3.63, 3.8) is 0 Å². The van der Waals surface area contributed by atoms with Crippen LogP contribution in [0, 0.1) is 0 Å². The van der Waals surface area contributed by atoms with E-state index in [1.54, 1.807) is 41.0 Å². The van der Waals surface area contributed by atoms with Crippen LogP contribution in [0.1, 0.15) is 13.3 Å². The lowest BCUT2D eigenvalue weighted by Gasteiger charge is -2.42. The van der Waals surface area contributed by atoms with E-state index >= 15 is 0 Å². The van der Waals surface area contributed by atoms with Crippen molar-refractivity contribution in [3.05, 3.63) is 24.3 Å². The molecule has 13 nitrogen and oxygen atoms in total. The minimum atomic E-state index is -1.14. The molecule has 0 aromatic heterocycles. The van der Waals surface area contributed by atoms with Crippen LogP contribution in [0.15, 0.2) is 29.3 Å². The fourth-order valence-corrected chi connectivity index (χ4v) is 4.41. The van der Waals surface area contributed by atoms with Gasteiger partial charge in [-0.15, -0.1) is 0 Å². The van der Waals surface area contributed by atoms with E-state index in [0.717, 1.165) is 0 Å². The number of thiocarbonyl (C=S) groups is 1. The van der Waals surface area contributed by atoms with E-state index in [9.17, 15) is 34.8 Å². The van der Waals surface area contributed by atoms with Gasteiger partial charge in [-0.1, -0.05) is 0 Å². The number of aliphatic carboxylic acids is 3. The number of aliphatic imine (C=N–C) groups is 1. The van der Waals surface area contributed by atoms with E-state index in [0.29, 0.717) is 31.1 Å². The van der Waals surface area contributed by atoms with Gasteiger partial charge in [-0.25, -0.2) is 0 Å².